The number of hydrogen-bond donors (Lipinski definition) is 1. The molecule has 5 heteroatoms. The number of fused-ring (bicyclic) bond motifs is 1. The highest BCUT2D eigenvalue weighted by Gasteiger charge is 2.18. The van der Waals surface area contributed by atoms with Gasteiger partial charge in [-0.05, 0) is 19.1 Å². The Morgan fingerprint density at radius 3 is 3.25 bits per heavy atom. The Hall–Kier alpha value is -2.04. The molecule has 2 heterocycles. The van der Waals surface area contributed by atoms with Crippen LogP contribution in [0.1, 0.15) is 12.6 Å². The summed E-state index contributed by atoms with van der Waals surface area (Å²) in [6.45, 7) is 6.15. The summed E-state index contributed by atoms with van der Waals surface area (Å²) in [6, 6.07) is 3.45. The number of ether oxygens (including phenoxy) is 2. The van der Waals surface area contributed by atoms with E-state index in [1.54, 1.807) is 12.1 Å². The molecule has 84 valence electrons. The summed E-state index contributed by atoms with van der Waals surface area (Å²) in [4.78, 5) is 15.2. The Balaban J connectivity index is 2.26. The van der Waals surface area contributed by atoms with E-state index in [-0.39, 0.29) is 12.5 Å². The van der Waals surface area contributed by atoms with Crippen LogP contribution in [0.4, 0.5) is 5.69 Å². The van der Waals surface area contributed by atoms with E-state index in [9.17, 15) is 4.79 Å². The van der Waals surface area contributed by atoms with Crippen molar-refractivity contribution in [3.8, 4) is 5.88 Å². The molecule has 1 aromatic heterocycles. The lowest BCUT2D eigenvalue weighted by Gasteiger charge is -2.17. The first-order valence-corrected chi connectivity index (χ1v) is 4.96. The molecule has 0 aromatic carbocycles. The molecular formula is C11H12N2O3. The van der Waals surface area contributed by atoms with Crippen molar-refractivity contribution in [1.82, 2.24) is 4.98 Å². The highest BCUT2D eigenvalue weighted by Crippen LogP contribution is 2.27. The normalized spacial score (nSPS) is 13.4. The van der Waals surface area contributed by atoms with Gasteiger partial charge in [0.2, 0.25) is 5.88 Å². The number of hydrogen-bond acceptors (Lipinski definition) is 4. The first-order valence-electron chi connectivity index (χ1n) is 4.96. The Morgan fingerprint density at radius 2 is 2.50 bits per heavy atom. The summed E-state index contributed by atoms with van der Waals surface area (Å²) in [5.74, 6) is 0.717. The van der Waals surface area contributed by atoms with Crippen LogP contribution in [-0.2, 0) is 9.53 Å². The van der Waals surface area contributed by atoms with Crippen molar-refractivity contribution < 1.29 is 14.3 Å². The van der Waals surface area contributed by atoms with Gasteiger partial charge in [-0.15, -0.1) is 0 Å². The molecule has 0 atom stereocenters. The molecule has 1 amide bonds. The van der Waals surface area contributed by atoms with Crippen molar-refractivity contribution in [2.45, 2.75) is 6.92 Å². The lowest BCUT2D eigenvalue weighted by molar-refractivity contribution is -0.118. The fourth-order valence-corrected chi connectivity index (χ4v) is 1.37. The van der Waals surface area contributed by atoms with Crippen molar-refractivity contribution in [3.05, 3.63) is 24.4 Å². The maximum Gasteiger partial charge on any atom is 0.262 e. The SMILES string of the molecule is C=C(OCC)c1ccc2c(n1)OCC(=O)N2. The second-order valence-corrected chi connectivity index (χ2v) is 3.24. The van der Waals surface area contributed by atoms with Crippen LogP contribution in [0.3, 0.4) is 0 Å². The number of nitrogens with zero attached hydrogens (tertiary/aromatic N) is 1. The average Bonchev–Trinajstić information content (AvgIpc) is 2.28. The molecule has 2 rings (SSSR count). The van der Waals surface area contributed by atoms with Crippen molar-refractivity contribution >= 4 is 17.4 Å². The van der Waals surface area contributed by atoms with Crippen LogP contribution >= 0.6 is 0 Å². The number of carbonyl (C=O) groups excluding carboxylic acids is 1. The summed E-state index contributed by atoms with van der Waals surface area (Å²) >= 11 is 0. The topological polar surface area (TPSA) is 60.5 Å². The summed E-state index contributed by atoms with van der Waals surface area (Å²) in [7, 11) is 0. The van der Waals surface area contributed by atoms with Crippen molar-refractivity contribution in [1.29, 1.82) is 0 Å². The molecule has 1 aliphatic rings. The van der Waals surface area contributed by atoms with E-state index in [4.69, 9.17) is 9.47 Å². The molecule has 0 radical (unpaired) electrons. The molecule has 0 bridgehead atoms. The maximum atomic E-state index is 11.0. The quantitative estimate of drug-likeness (QED) is 0.782. The largest absolute Gasteiger partial charge is 0.492 e. The van der Waals surface area contributed by atoms with Gasteiger partial charge in [0.15, 0.2) is 6.61 Å². The zero-order chi connectivity index (χ0) is 11.5. The number of nitrogens with one attached hydrogen (secondary N) is 1. The van der Waals surface area contributed by atoms with Gasteiger partial charge < -0.3 is 14.8 Å². The number of aromatic nitrogens is 1. The predicted molar refractivity (Wildman–Crippen MR) is 59.0 cm³/mol. The Kier molecular flexibility index (Phi) is 2.76. The van der Waals surface area contributed by atoms with Gasteiger partial charge in [0.1, 0.15) is 17.1 Å². The average molecular weight is 220 g/mol. The lowest BCUT2D eigenvalue weighted by Crippen LogP contribution is -2.26. The van der Waals surface area contributed by atoms with Gasteiger partial charge in [0.05, 0.1) is 6.61 Å². The van der Waals surface area contributed by atoms with E-state index in [1.807, 2.05) is 6.92 Å². The number of carbonyl (C=O) groups is 1. The third-order valence-corrected chi connectivity index (χ3v) is 2.08. The van der Waals surface area contributed by atoms with E-state index in [0.29, 0.717) is 29.6 Å². The Labute approximate surface area is 93.1 Å². The summed E-state index contributed by atoms with van der Waals surface area (Å²) in [5, 5.41) is 2.66. The standard InChI is InChI=1S/C11H12N2O3/c1-3-15-7(2)8-4-5-9-11(13-8)16-6-10(14)12-9/h4-5H,2-3,6H2,1H3,(H,12,14). The molecule has 1 aromatic rings. The Bertz CT molecular complexity index is 443. The molecule has 16 heavy (non-hydrogen) atoms. The van der Waals surface area contributed by atoms with Crippen LogP contribution in [0.2, 0.25) is 0 Å². The minimum absolute atomic E-state index is 0.00936. The first kappa shape index (κ1) is 10.5. The third-order valence-electron chi connectivity index (χ3n) is 2.08. The monoisotopic (exact) mass is 220 g/mol. The lowest BCUT2D eigenvalue weighted by atomic mass is 10.3. The molecular weight excluding hydrogens is 208 g/mol. The molecule has 0 spiro atoms. The molecule has 0 saturated heterocycles. The third kappa shape index (κ3) is 1.98. The highest BCUT2D eigenvalue weighted by atomic mass is 16.5. The van der Waals surface area contributed by atoms with Gasteiger partial charge >= 0.3 is 0 Å². The molecule has 0 saturated carbocycles. The van der Waals surface area contributed by atoms with Crippen LogP contribution in [0.15, 0.2) is 18.7 Å². The zero-order valence-electron chi connectivity index (χ0n) is 8.95. The van der Waals surface area contributed by atoms with Crippen molar-refractivity contribution in [2.24, 2.45) is 0 Å². The minimum Gasteiger partial charge on any atom is -0.492 e. The van der Waals surface area contributed by atoms with E-state index in [1.165, 1.54) is 0 Å². The van der Waals surface area contributed by atoms with Crippen LogP contribution in [-0.4, -0.2) is 24.1 Å². The second kappa shape index (κ2) is 4.22. The molecule has 0 unspecified atom stereocenters. The highest BCUT2D eigenvalue weighted by molar-refractivity contribution is 5.94. The number of rotatable bonds is 3. The number of amides is 1. The minimum atomic E-state index is -0.175. The van der Waals surface area contributed by atoms with Gasteiger partial charge in [0, 0.05) is 0 Å². The summed E-state index contributed by atoms with van der Waals surface area (Å²) in [5.41, 5.74) is 1.18. The van der Waals surface area contributed by atoms with Crippen molar-refractivity contribution in [2.75, 3.05) is 18.5 Å². The van der Waals surface area contributed by atoms with E-state index < -0.39 is 0 Å². The number of pyridine rings is 1. The van der Waals surface area contributed by atoms with E-state index in [2.05, 4.69) is 16.9 Å². The van der Waals surface area contributed by atoms with Crippen LogP contribution in [0.25, 0.3) is 5.76 Å². The molecule has 1 N–H and O–H groups in total. The summed E-state index contributed by atoms with van der Waals surface area (Å²) in [6.07, 6.45) is 0. The zero-order valence-corrected chi connectivity index (χ0v) is 8.95. The van der Waals surface area contributed by atoms with Gasteiger partial charge in [-0.2, -0.15) is 0 Å². The van der Waals surface area contributed by atoms with Gasteiger partial charge in [0.25, 0.3) is 5.91 Å². The fourth-order valence-electron chi connectivity index (χ4n) is 1.37. The van der Waals surface area contributed by atoms with E-state index in [0.717, 1.165) is 0 Å². The van der Waals surface area contributed by atoms with Gasteiger partial charge in [-0.25, -0.2) is 4.98 Å². The fraction of sp³-hybridized carbons (Fsp3) is 0.273. The molecule has 0 aliphatic carbocycles. The Morgan fingerprint density at radius 1 is 1.69 bits per heavy atom. The van der Waals surface area contributed by atoms with Crippen molar-refractivity contribution in [3.63, 3.8) is 0 Å². The van der Waals surface area contributed by atoms with Crippen LogP contribution in [0.5, 0.6) is 5.88 Å². The maximum absolute atomic E-state index is 11.0. The predicted octanol–water partition coefficient (Wildman–Crippen LogP) is 1.42. The van der Waals surface area contributed by atoms with Gasteiger partial charge in [-0.3, -0.25) is 4.79 Å². The molecule has 5 nitrogen and oxygen atoms in total. The smallest absolute Gasteiger partial charge is 0.262 e. The van der Waals surface area contributed by atoms with Crippen LogP contribution in [0, 0.1) is 0 Å². The first-order chi connectivity index (χ1) is 7.70. The number of anilines is 1. The van der Waals surface area contributed by atoms with E-state index >= 15 is 0 Å². The van der Waals surface area contributed by atoms with Gasteiger partial charge in [-0.1, -0.05) is 6.58 Å². The second-order valence-electron chi connectivity index (χ2n) is 3.24. The summed E-state index contributed by atoms with van der Waals surface area (Å²) < 4.78 is 10.4. The van der Waals surface area contributed by atoms with Crippen LogP contribution < -0.4 is 10.1 Å². The molecule has 1 aliphatic heterocycles. The molecule has 0 fully saturated rings.